The predicted octanol–water partition coefficient (Wildman–Crippen LogP) is 3.56. The van der Waals surface area contributed by atoms with Gasteiger partial charge in [-0.15, -0.1) is 11.4 Å². The zero-order valence-corrected chi connectivity index (χ0v) is 8.72. The third kappa shape index (κ3) is 3.47. The minimum atomic E-state index is 0.240. The van der Waals surface area contributed by atoms with Gasteiger partial charge in [0.05, 0.1) is 0 Å². The van der Waals surface area contributed by atoms with Crippen molar-refractivity contribution in [1.82, 2.24) is 0 Å². The van der Waals surface area contributed by atoms with Gasteiger partial charge in [0.15, 0.2) is 0 Å². The predicted molar refractivity (Wildman–Crippen MR) is 50.7 cm³/mol. The van der Waals surface area contributed by atoms with Crippen molar-refractivity contribution < 1.29 is 0 Å². The molecule has 0 saturated carbocycles. The molecule has 0 aliphatic carbocycles. The molecule has 0 N–H and O–H groups in total. The monoisotopic (exact) mass is 164 g/mol. The van der Waals surface area contributed by atoms with E-state index in [2.05, 4.69) is 45.3 Å². The van der Waals surface area contributed by atoms with Crippen molar-refractivity contribution >= 4 is 18.5 Å². The first-order valence-electron chi connectivity index (χ1n) is 3.42. The first-order valence-corrected chi connectivity index (χ1v) is 6.73. The quantitative estimate of drug-likeness (QED) is 0.575. The van der Waals surface area contributed by atoms with Crippen LogP contribution in [0, 0.1) is 0 Å². The van der Waals surface area contributed by atoms with Crippen LogP contribution in [0.2, 0.25) is 0 Å². The van der Waals surface area contributed by atoms with E-state index in [1.54, 1.807) is 0 Å². The van der Waals surface area contributed by atoms with E-state index in [9.17, 15) is 0 Å². The molecule has 0 spiro atoms. The summed E-state index contributed by atoms with van der Waals surface area (Å²) in [4.78, 5) is 0. The van der Waals surface area contributed by atoms with Crippen molar-refractivity contribution in [3.63, 3.8) is 0 Å². The highest BCUT2D eigenvalue weighted by atomic mass is 32.7. The Labute approximate surface area is 64.3 Å². The van der Waals surface area contributed by atoms with Crippen LogP contribution < -0.4 is 0 Å². The van der Waals surface area contributed by atoms with Crippen LogP contribution in [0.15, 0.2) is 0 Å². The molecule has 9 heavy (non-hydrogen) atoms. The number of rotatable bonds is 3. The summed E-state index contributed by atoms with van der Waals surface area (Å²) in [6, 6.07) is 0. The second-order valence-corrected chi connectivity index (χ2v) is 8.24. The van der Waals surface area contributed by atoms with E-state index >= 15 is 0 Å². The molecule has 0 atom stereocenters. The van der Waals surface area contributed by atoms with Crippen molar-refractivity contribution in [2.75, 3.05) is 6.26 Å². The van der Waals surface area contributed by atoms with Crippen LogP contribution in [0.3, 0.4) is 0 Å². The van der Waals surface area contributed by atoms with Gasteiger partial charge in [-0.2, -0.15) is 0 Å². The molecule has 0 bridgehead atoms. The minimum Gasteiger partial charge on any atom is -0.137 e. The summed E-state index contributed by atoms with van der Waals surface area (Å²) in [6.45, 7) is 9.29. The molecule has 0 saturated heterocycles. The fourth-order valence-electron chi connectivity index (χ4n) is 1.02. The minimum absolute atomic E-state index is 0.240. The maximum absolute atomic E-state index is 2.32. The summed E-state index contributed by atoms with van der Waals surface area (Å²) in [5, 5.41) is 0. The Balaban J connectivity index is 3.68. The van der Waals surface area contributed by atoms with E-state index in [-0.39, 0.29) is 7.12 Å². The molecule has 0 fully saturated rings. The zero-order valence-electron chi connectivity index (χ0n) is 7.01. The largest absolute Gasteiger partial charge is 0.137 e. The highest BCUT2D eigenvalue weighted by Gasteiger charge is 2.14. The molecular formula is C7H17PS. The maximum Gasteiger partial charge on any atom is -0.0142 e. The average molecular weight is 164 g/mol. The van der Waals surface area contributed by atoms with Gasteiger partial charge in [0.2, 0.25) is 0 Å². The lowest BCUT2D eigenvalue weighted by Gasteiger charge is -2.22. The highest BCUT2D eigenvalue weighted by Crippen LogP contribution is 2.55. The van der Waals surface area contributed by atoms with Gasteiger partial charge < -0.3 is 0 Å². The summed E-state index contributed by atoms with van der Waals surface area (Å²) in [7, 11) is 0.240. The lowest BCUT2D eigenvalue weighted by molar-refractivity contribution is 1.03. The van der Waals surface area contributed by atoms with Gasteiger partial charge in [0.25, 0.3) is 0 Å². The summed E-state index contributed by atoms with van der Waals surface area (Å²) < 4.78 is 0. The Morgan fingerprint density at radius 1 is 1.00 bits per heavy atom. The number of hydrogen-bond acceptors (Lipinski definition) is 1. The fraction of sp³-hybridized carbons (Fsp3) is 1.00. The van der Waals surface area contributed by atoms with Crippen molar-refractivity contribution in [2.45, 2.75) is 39.0 Å². The molecule has 0 unspecified atom stereocenters. The molecule has 0 aromatic carbocycles. The van der Waals surface area contributed by atoms with Crippen LogP contribution in [0.4, 0.5) is 0 Å². The Hall–Kier alpha value is 0.780. The maximum atomic E-state index is 2.32. The molecular weight excluding hydrogens is 147 g/mol. The highest BCUT2D eigenvalue weighted by molar-refractivity contribution is 8.55. The van der Waals surface area contributed by atoms with E-state index in [4.69, 9.17) is 0 Å². The molecule has 2 heteroatoms. The van der Waals surface area contributed by atoms with Crippen molar-refractivity contribution in [1.29, 1.82) is 0 Å². The van der Waals surface area contributed by atoms with Gasteiger partial charge in [0.1, 0.15) is 0 Å². The van der Waals surface area contributed by atoms with E-state index in [0.29, 0.717) is 0 Å². The summed E-state index contributed by atoms with van der Waals surface area (Å²) in [6.07, 6.45) is 2.23. The van der Waals surface area contributed by atoms with Gasteiger partial charge in [-0.25, -0.2) is 0 Å². The van der Waals surface area contributed by atoms with E-state index in [1.807, 2.05) is 0 Å². The zero-order chi connectivity index (χ0) is 7.44. The molecule has 0 rings (SSSR count). The SMILES string of the molecule is CSP(C(C)C)C(C)C. The Kier molecular flexibility index (Phi) is 4.97. The second-order valence-electron chi connectivity index (χ2n) is 2.73. The molecule has 0 amide bonds. The van der Waals surface area contributed by atoms with Crippen LogP contribution in [-0.4, -0.2) is 17.6 Å². The standard InChI is InChI=1S/C7H17PS/c1-6(2)8(9-5)7(3)4/h6-7H,1-5H3. The van der Waals surface area contributed by atoms with Gasteiger partial charge >= 0.3 is 0 Å². The van der Waals surface area contributed by atoms with E-state index in [0.717, 1.165) is 11.3 Å². The Bertz CT molecular complexity index is 63.3. The summed E-state index contributed by atoms with van der Waals surface area (Å²) >= 11 is 2.05. The van der Waals surface area contributed by atoms with Crippen LogP contribution >= 0.6 is 18.5 Å². The van der Waals surface area contributed by atoms with Gasteiger partial charge in [-0.3, -0.25) is 0 Å². The third-order valence-corrected chi connectivity index (χ3v) is 7.48. The van der Waals surface area contributed by atoms with Gasteiger partial charge in [0, 0.05) is 0 Å². The lowest BCUT2D eigenvalue weighted by atomic mass is 10.5. The van der Waals surface area contributed by atoms with Crippen LogP contribution in [0.25, 0.3) is 0 Å². The molecule has 0 aliphatic heterocycles. The smallest absolute Gasteiger partial charge is 0.0142 e. The average Bonchev–Trinajstić information content (AvgIpc) is 1.64. The van der Waals surface area contributed by atoms with E-state index in [1.165, 1.54) is 0 Å². The Morgan fingerprint density at radius 3 is 1.33 bits per heavy atom. The number of hydrogen-bond donors (Lipinski definition) is 0. The summed E-state index contributed by atoms with van der Waals surface area (Å²) in [5.74, 6) is 0. The van der Waals surface area contributed by atoms with Crippen molar-refractivity contribution in [2.24, 2.45) is 0 Å². The molecule has 0 radical (unpaired) electrons. The second kappa shape index (κ2) is 4.57. The van der Waals surface area contributed by atoms with Crippen LogP contribution in [0.1, 0.15) is 27.7 Å². The molecule has 0 aliphatic rings. The molecule has 0 aromatic heterocycles. The molecule has 56 valence electrons. The van der Waals surface area contributed by atoms with Crippen LogP contribution in [-0.2, 0) is 0 Å². The third-order valence-electron chi connectivity index (χ3n) is 1.23. The topological polar surface area (TPSA) is 0 Å². The molecule has 0 nitrogen and oxygen atoms in total. The first kappa shape index (κ1) is 9.78. The van der Waals surface area contributed by atoms with Crippen LogP contribution in [0.5, 0.6) is 0 Å². The van der Waals surface area contributed by atoms with E-state index < -0.39 is 0 Å². The fourth-order valence-corrected chi connectivity index (χ4v) is 5.58. The van der Waals surface area contributed by atoms with Crippen molar-refractivity contribution in [3.8, 4) is 0 Å². The molecule has 0 heterocycles. The van der Waals surface area contributed by atoms with Gasteiger partial charge in [-0.05, 0) is 24.7 Å². The lowest BCUT2D eigenvalue weighted by Crippen LogP contribution is -1.99. The summed E-state index contributed by atoms with van der Waals surface area (Å²) in [5.41, 5.74) is 1.77. The normalized spacial score (nSPS) is 12.0. The molecule has 0 aromatic rings. The van der Waals surface area contributed by atoms with Crippen molar-refractivity contribution in [3.05, 3.63) is 0 Å². The van der Waals surface area contributed by atoms with Gasteiger partial charge in [-0.1, -0.05) is 27.7 Å². The first-order chi connectivity index (χ1) is 4.09. The Morgan fingerprint density at radius 2 is 1.33 bits per heavy atom.